The third-order valence-corrected chi connectivity index (χ3v) is 4.56. The van der Waals surface area contributed by atoms with E-state index >= 15 is 0 Å². The van der Waals surface area contributed by atoms with Crippen molar-refractivity contribution in [3.63, 3.8) is 0 Å². The summed E-state index contributed by atoms with van der Waals surface area (Å²) in [5.41, 5.74) is 0.000804. The van der Waals surface area contributed by atoms with Crippen LogP contribution in [0.15, 0.2) is 24.3 Å². The van der Waals surface area contributed by atoms with Crippen LogP contribution >= 0.6 is 0 Å². The van der Waals surface area contributed by atoms with Crippen molar-refractivity contribution in [1.82, 2.24) is 10.6 Å². The predicted molar refractivity (Wildman–Crippen MR) is 91.5 cm³/mol. The minimum atomic E-state index is -0.786. The summed E-state index contributed by atoms with van der Waals surface area (Å²) < 4.78 is 13.2. The minimum absolute atomic E-state index is 0.0990. The quantitative estimate of drug-likeness (QED) is 0.840. The third kappa shape index (κ3) is 4.55. The summed E-state index contributed by atoms with van der Waals surface area (Å²) in [5, 5.41) is 15.4. The van der Waals surface area contributed by atoms with Gasteiger partial charge in [-0.05, 0) is 48.8 Å². The molecule has 1 aliphatic carbocycles. The Kier molecular flexibility index (Phi) is 5.29. The Bertz CT molecular complexity index is 625. The maximum Gasteiger partial charge on any atom is 0.235 e. The first kappa shape index (κ1) is 18.4. The van der Waals surface area contributed by atoms with Crippen LogP contribution in [0.3, 0.4) is 0 Å². The summed E-state index contributed by atoms with van der Waals surface area (Å²) in [5.74, 6) is -0.220. The van der Waals surface area contributed by atoms with Crippen LogP contribution in [-0.2, 0) is 4.79 Å². The van der Waals surface area contributed by atoms with Crippen molar-refractivity contribution in [3.05, 3.63) is 35.6 Å². The first-order valence-corrected chi connectivity index (χ1v) is 8.37. The molecule has 2 N–H and O–H groups in total. The molecular formula is C19H26FN3O. The zero-order chi connectivity index (χ0) is 18.0. The lowest BCUT2D eigenvalue weighted by Crippen LogP contribution is -2.50. The molecule has 24 heavy (non-hydrogen) atoms. The molecule has 1 fully saturated rings. The van der Waals surface area contributed by atoms with Gasteiger partial charge in [0.05, 0.1) is 12.6 Å². The summed E-state index contributed by atoms with van der Waals surface area (Å²) in [4.78, 5) is 12.3. The van der Waals surface area contributed by atoms with Crippen molar-refractivity contribution < 1.29 is 9.18 Å². The van der Waals surface area contributed by atoms with E-state index in [9.17, 15) is 14.4 Å². The van der Waals surface area contributed by atoms with E-state index in [-0.39, 0.29) is 35.6 Å². The van der Waals surface area contributed by atoms with E-state index in [2.05, 4.69) is 37.5 Å². The van der Waals surface area contributed by atoms with Crippen LogP contribution in [0.4, 0.5) is 4.39 Å². The molecule has 5 heteroatoms. The Labute approximate surface area is 143 Å². The number of benzene rings is 1. The average molecular weight is 331 g/mol. The highest BCUT2D eigenvalue weighted by Crippen LogP contribution is 2.39. The van der Waals surface area contributed by atoms with Gasteiger partial charge in [0.1, 0.15) is 11.4 Å². The standard InChI is InChI=1S/C19H26FN3O/c1-18(2,3)17(13-5-9-15(20)10-6-13)22-11-16(24)23-19(4,12-21)14-7-8-14/h5-6,9-10,14,17,22H,7-8,11H2,1-4H3,(H,23,24)/t17-,19-/m1/s1. The van der Waals surface area contributed by atoms with Gasteiger partial charge in [0.25, 0.3) is 0 Å². The molecule has 2 rings (SSSR count). The molecule has 0 radical (unpaired) electrons. The molecule has 0 aliphatic heterocycles. The number of hydrogen-bond donors (Lipinski definition) is 2. The monoisotopic (exact) mass is 331 g/mol. The molecule has 1 aromatic rings. The number of rotatable bonds is 6. The number of amides is 1. The zero-order valence-corrected chi connectivity index (χ0v) is 14.8. The van der Waals surface area contributed by atoms with E-state index in [1.165, 1.54) is 12.1 Å². The second-order valence-corrected chi connectivity index (χ2v) is 7.87. The molecule has 0 spiro atoms. The maximum absolute atomic E-state index is 13.2. The molecule has 4 nitrogen and oxygen atoms in total. The van der Waals surface area contributed by atoms with Gasteiger partial charge in [0.15, 0.2) is 0 Å². The van der Waals surface area contributed by atoms with Gasteiger partial charge in [0.2, 0.25) is 5.91 Å². The molecule has 2 atom stereocenters. The van der Waals surface area contributed by atoms with Crippen molar-refractivity contribution in [3.8, 4) is 6.07 Å². The molecule has 1 aliphatic rings. The number of carbonyl (C=O) groups excluding carboxylic acids is 1. The lowest BCUT2D eigenvalue weighted by atomic mass is 9.82. The number of nitrogens with zero attached hydrogens (tertiary/aromatic N) is 1. The fraction of sp³-hybridized carbons (Fsp3) is 0.579. The van der Waals surface area contributed by atoms with Gasteiger partial charge in [-0.2, -0.15) is 5.26 Å². The third-order valence-electron chi connectivity index (χ3n) is 4.56. The fourth-order valence-electron chi connectivity index (χ4n) is 2.99. The van der Waals surface area contributed by atoms with E-state index in [1.54, 1.807) is 19.1 Å². The number of nitriles is 1. The van der Waals surface area contributed by atoms with Crippen LogP contribution in [-0.4, -0.2) is 18.0 Å². The molecule has 0 heterocycles. The second kappa shape index (κ2) is 6.90. The van der Waals surface area contributed by atoms with E-state index < -0.39 is 5.54 Å². The molecule has 130 valence electrons. The van der Waals surface area contributed by atoms with Gasteiger partial charge in [0, 0.05) is 6.04 Å². The zero-order valence-electron chi connectivity index (χ0n) is 14.8. The van der Waals surface area contributed by atoms with E-state index in [4.69, 9.17) is 0 Å². The molecule has 1 aromatic carbocycles. The maximum atomic E-state index is 13.2. The number of halogens is 1. The normalized spacial score (nSPS) is 18.3. The molecular weight excluding hydrogens is 305 g/mol. The van der Waals surface area contributed by atoms with Gasteiger partial charge in [-0.15, -0.1) is 0 Å². The number of hydrogen-bond acceptors (Lipinski definition) is 3. The van der Waals surface area contributed by atoms with Gasteiger partial charge in [-0.3, -0.25) is 4.79 Å². The largest absolute Gasteiger partial charge is 0.337 e. The molecule has 0 saturated heterocycles. The van der Waals surface area contributed by atoms with E-state index in [0.717, 1.165) is 18.4 Å². The van der Waals surface area contributed by atoms with Crippen LogP contribution in [0, 0.1) is 28.5 Å². The van der Waals surface area contributed by atoms with Gasteiger partial charge >= 0.3 is 0 Å². The van der Waals surface area contributed by atoms with Crippen LogP contribution in [0.1, 0.15) is 52.1 Å². The lowest BCUT2D eigenvalue weighted by molar-refractivity contribution is -0.121. The summed E-state index contributed by atoms with van der Waals surface area (Å²) in [6, 6.07) is 8.45. The Morgan fingerprint density at radius 3 is 2.33 bits per heavy atom. The Morgan fingerprint density at radius 2 is 1.88 bits per heavy atom. The van der Waals surface area contributed by atoms with Crippen LogP contribution in [0.5, 0.6) is 0 Å². The van der Waals surface area contributed by atoms with Crippen LogP contribution < -0.4 is 10.6 Å². The van der Waals surface area contributed by atoms with Gasteiger partial charge in [-0.25, -0.2) is 4.39 Å². The highest BCUT2D eigenvalue weighted by atomic mass is 19.1. The second-order valence-electron chi connectivity index (χ2n) is 7.87. The Balaban J connectivity index is 2.01. The topological polar surface area (TPSA) is 64.9 Å². The highest BCUT2D eigenvalue weighted by molar-refractivity contribution is 5.79. The van der Waals surface area contributed by atoms with Gasteiger partial charge in [-0.1, -0.05) is 32.9 Å². The highest BCUT2D eigenvalue weighted by Gasteiger charge is 2.43. The Morgan fingerprint density at radius 1 is 1.29 bits per heavy atom. The van der Waals surface area contributed by atoms with Crippen LogP contribution in [0.2, 0.25) is 0 Å². The van der Waals surface area contributed by atoms with Crippen molar-refractivity contribution >= 4 is 5.91 Å². The average Bonchev–Trinajstić information content (AvgIpc) is 3.33. The van der Waals surface area contributed by atoms with Crippen LogP contribution in [0.25, 0.3) is 0 Å². The van der Waals surface area contributed by atoms with E-state index in [0.29, 0.717) is 0 Å². The molecule has 1 saturated carbocycles. The van der Waals surface area contributed by atoms with Gasteiger partial charge < -0.3 is 10.6 Å². The summed E-state index contributed by atoms with van der Waals surface area (Å²) >= 11 is 0. The van der Waals surface area contributed by atoms with Crippen molar-refractivity contribution in [2.75, 3.05) is 6.54 Å². The molecule has 0 unspecified atom stereocenters. The summed E-state index contributed by atoms with van der Waals surface area (Å²) in [7, 11) is 0. The molecule has 0 aromatic heterocycles. The smallest absolute Gasteiger partial charge is 0.235 e. The predicted octanol–water partition coefficient (Wildman–Crippen LogP) is 3.31. The summed E-state index contributed by atoms with van der Waals surface area (Å²) in [6.45, 7) is 8.09. The lowest BCUT2D eigenvalue weighted by Gasteiger charge is -2.32. The first-order valence-electron chi connectivity index (χ1n) is 8.37. The SMILES string of the molecule is CC(C)(C)[C@H](NCC(=O)N[C@](C)(C#N)C1CC1)c1ccc(F)cc1. The molecule has 0 bridgehead atoms. The Hall–Kier alpha value is -1.93. The molecule has 1 amide bonds. The van der Waals surface area contributed by atoms with E-state index in [1.807, 2.05) is 0 Å². The van der Waals surface area contributed by atoms with Crippen molar-refractivity contribution in [1.29, 1.82) is 5.26 Å². The summed E-state index contributed by atoms with van der Waals surface area (Å²) in [6.07, 6.45) is 1.97. The number of carbonyl (C=O) groups is 1. The van der Waals surface area contributed by atoms with Crippen molar-refractivity contribution in [2.45, 2.75) is 52.1 Å². The number of nitrogens with one attached hydrogen (secondary N) is 2. The fourth-order valence-corrected chi connectivity index (χ4v) is 2.99. The van der Waals surface area contributed by atoms with Crippen molar-refractivity contribution in [2.24, 2.45) is 11.3 Å². The minimum Gasteiger partial charge on any atom is -0.337 e. The first-order chi connectivity index (χ1) is 11.2.